The number of hydrogen-bond acceptors (Lipinski definition) is 20. The summed E-state index contributed by atoms with van der Waals surface area (Å²) in [5.41, 5.74) is 3.72. The van der Waals surface area contributed by atoms with Crippen molar-refractivity contribution in [3.05, 3.63) is 83.2 Å². The first-order chi connectivity index (χ1) is 49.7. The Morgan fingerprint density at radius 3 is 2.02 bits per heavy atom. The molecule has 0 radical (unpaired) electrons. The molecular formula is C79H111ClN4O20S. The highest BCUT2D eigenvalue weighted by Gasteiger charge is 2.71. The standard InChI is InChI=1S/C41H64O14.C28H30N2O3.C10H16N2O3S.ClH/c1-19-36(47)28(42)15-34(50-19)54-38-21(3)52-35(17-30(38)44)55-37-20(2)51-33(16-29(37)43)53-24-8-10-39(4)23(13-24)6-7-26-27(39)14-31(45)40(5)25(9-11-41(26,40)48)22-12-32(46)49-18-22;1-5-29(6-2)19-13-15-23-25(17-19)33-26-18-20(30(7-3)8-4)14-16-24(26)27(23)21-11-9-10-12-22(21)28(31)32;13-8(14)4-2-1-3-7-9-6(5-16-7)11-10(15)12-9;/h12,19-21,23-31,33-38,42-45,47-48H,6-11,13-18H2,1-5H3;9-18H,5-8H2,1-4H3;6-7,9H,1-5H2,(H,13,14)(H2,11,12,15);1H/t19-,20-,21-,23-,24?,25-,26-,27+,28+,29?,30+,31-,33+,34+,35+,36-,37-,38?,39+,40+,41+;;6-,7-,9-;/m1.0./s1. The van der Waals surface area contributed by atoms with E-state index < -0.39 is 103 Å². The van der Waals surface area contributed by atoms with E-state index in [-0.39, 0.29) is 104 Å². The molecule has 580 valence electrons. The summed E-state index contributed by atoms with van der Waals surface area (Å²) >= 11 is 1.87. The predicted molar refractivity (Wildman–Crippen MR) is 389 cm³/mol. The zero-order valence-corrected chi connectivity index (χ0v) is 63.6. The third kappa shape index (κ3) is 16.4. The highest BCUT2D eigenvalue weighted by molar-refractivity contribution is 8.00. The van der Waals surface area contributed by atoms with Gasteiger partial charge in [0.2, 0.25) is 5.36 Å². The van der Waals surface area contributed by atoms with Crippen molar-refractivity contribution < 1.29 is 110 Å². The monoisotopic (exact) mass is 1500 g/mol. The molecule has 4 saturated carbocycles. The molecule has 5 aliphatic carbocycles. The van der Waals surface area contributed by atoms with Crippen LogP contribution in [-0.4, -0.2) is 212 Å². The van der Waals surface area contributed by atoms with E-state index in [1.165, 1.54) is 0 Å². The molecular weight excluding hydrogens is 1390 g/mol. The maximum Gasteiger partial charge on any atom is 0.336 e. The number of fused-ring (bicyclic) bond motifs is 8. The average Bonchev–Trinajstić information content (AvgIpc) is 1.58. The minimum atomic E-state index is -1.01. The quantitative estimate of drug-likeness (QED) is 0.0137. The lowest BCUT2D eigenvalue weighted by atomic mass is 9.42. The number of carboxylic acid groups (broad SMARTS) is 2. The number of carboxylic acids is 2. The first-order valence-corrected chi connectivity index (χ1v) is 39.2. The number of aromatic carboxylic acids is 1. The molecule has 7 heterocycles. The molecule has 0 spiro atoms. The van der Waals surface area contributed by atoms with Gasteiger partial charge < -0.3 is 106 Å². The molecule has 0 aromatic heterocycles. The zero-order chi connectivity index (χ0) is 74.3. The fourth-order valence-corrected chi connectivity index (χ4v) is 21.2. The van der Waals surface area contributed by atoms with Gasteiger partial charge in [-0.2, -0.15) is 11.8 Å². The minimum absolute atomic E-state index is 0. The van der Waals surface area contributed by atoms with Gasteiger partial charge in [-0.1, -0.05) is 38.5 Å². The number of carbonyl (C=O) groups excluding carboxylic acids is 2. The van der Waals surface area contributed by atoms with Crippen LogP contribution in [0.4, 0.5) is 10.5 Å². The van der Waals surface area contributed by atoms with Crippen molar-refractivity contribution in [3.8, 4) is 22.5 Å². The van der Waals surface area contributed by atoms with Crippen molar-refractivity contribution in [2.24, 2.45) is 34.5 Å². The molecule has 24 atom stereocenters. The first-order valence-electron chi connectivity index (χ1n) is 38.2. The van der Waals surface area contributed by atoms with E-state index in [1.807, 2.05) is 37.7 Å². The third-order valence-corrected chi connectivity index (χ3v) is 26.9. The number of thioether (sulfide) groups is 1. The lowest BCUT2D eigenvalue weighted by Crippen LogP contribution is -3.00. The molecule has 9 fully saturated rings. The highest BCUT2D eigenvalue weighted by Crippen LogP contribution is 2.70. The van der Waals surface area contributed by atoms with Crippen molar-refractivity contribution in [3.63, 3.8) is 0 Å². The van der Waals surface area contributed by atoms with Crippen molar-refractivity contribution >= 4 is 52.4 Å². The van der Waals surface area contributed by atoms with Crippen molar-refractivity contribution in [2.45, 2.75) is 268 Å². The second kappa shape index (κ2) is 33.8. The fourth-order valence-electron chi connectivity index (χ4n) is 19.6. The summed E-state index contributed by atoms with van der Waals surface area (Å²) in [6.07, 6.45) is 1.37. The van der Waals surface area contributed by atoms with E-state index in [1.54, 1.807) is 32.1 Å². The fraction of sp³-hybridized carbons (Fsp3) is 0.684. The highest BCUT2D eigenvalue weighted by atomic mass is 35.5. The number of carbonyl (C=O) groups is 4. The number of nitrogens with one attached hydrogen (secondary N) is 2. The Bertz CT molecular complexity index is 3740. The summed E-state index contributed by atoms with van der Waals surface area (Å²) < 4.78 is 50.8. The lowest BCUT2D eigenvalue weighted by Gasteiger charge is -2.65. The third-order valence-electron chi connectivity index (χ3n) is 25.4. The van der Waals surface area contributed by atoms with Gasteiger partial charge in [-0.3, -0.25) is 4.79 Å². The van der Waals surface area contributed by atoms with Crippen LogP contribution in [0.25, 0.3) is 33.4 Å². The van der Waals surface area contributed by atoms with Crippen LogP contribution >= 0.6 is 11.8 Å². The number of amides is 2. The van der Waals surface area contributed by atoms with Crippen molar-refractivity contribution in [2.75, 3.05) is 43.4 Å². The number of aliphatic carboxylic acids is 1. The number of aliphatic hydroxyl groups excluding tert-OH is 5. The van der Waals surface area contributed by atoms with E-state index in [0.29, 0.717) is 29.6 Å². The van der Waals surface area contributed by atoms with E-state index >= 15 is 0 Å². The molecule has 14 rings (SSSR count). The Balaban J connectivity index is 0.000000185. The number of hydrogen-bond donors (Lipinski definition) is 10. The molecule has 10 N–H and O–H groups in total. The Hall–Kier alpha value is -5.49. The zero-order valence-electron chi connectivity index (χ0n) is 62.0. The molecule has 24 nitrogen and oxygen atoms in total. The minimum Gasteiger partial charge on any atom is -1.00 e. The molecule has 2 amide bonds. The van der Waals surface area contributed by atoms with Gasteiger partial charge >= 0.3 is 23.9 Å². The van der Waals surface area contributed by atoms with Crippen molar-refractivity contribution in [1.29, 1.82) is 0 Å². The largest absolute Gasteiger partial charge is 1.00 e. The average molecular weight is 1500 g/mol. The maximum absolute atomic E-state index is 12.6. The number of cyclic esters (lactones) is 1. The van der Waals surface area contributed by atoms with Gasteiger partial charge in [0.15, 0.2) is 18.9 Å². The number of nitrogens with zero attached hydrogens (tertiary/aromatic N) is 2. The summed E-state index contributed by atoms with van der Waals surface area (Å²) in [4.78, 5) is 47.8. The van der Waals surface area contributed by atoms with Crippen LogP contribution in [0.2, 0.25) is 0 Å². The van der Waals surface area contributed by atoms with Crippen LogP contribution < -0.4 is 37.9 Å². The second-order valence-electron chi connectivity index (χ2n) is 31.1. The number of esters is 1. The Morgan fingerprint density at radius 2 is 1.39 bits per heavy atom. The molecule has 2 aromatic carbocycles. The molecule has 0 bridgehead atoms. The Morgan fingerprint density at radius 1 is 0.724 bits per heavy atom. The summed E-state index contributed by atoms with van der Waals surface area (Å²) in [6.45, 7) is 22.0. The number of halogens is 1. The first kappa shape index (κ1) is 80.5. The number of anilines is 1. The van der Waals surface area contributed by atoms with Gasteiger partial charge in [-0.05, 0) is 177 Å². The van der Waals surface area contributed by atoms with E-state index in [4.69, 9.17) is 42.7 Å². The van der Waals surface area contributed by atoms with Crippen LogP contribution in [0, 0.1) is 34.5 Å². The van der Waals surface area contributed by atoms with E-state index in [0.717, 1.165) is 134 Å². The van der Waals surface area contributed by atoms with Gasteiger partial charge in [-0.15, -0.1) is 0 Å². The number of ether oxygens (including phenoxy) is 7. The van der Waals surface area contributed by atoms with Crippen LogP contribution in [-0.2, 0) is 42.7 Å². The molecule has 5 saturated heterocycles. The molecule has 105 heavy (non-hydrogen) atoms. The van der Waals surface area contributed by atoms with Gasteiger partial charge in [0, 0.05) is 95.6 Å². The van der Waals surface area contributed by atoms with Crippen molar-refractivity contribution in [1.82, 2.24) is 15.2 Å². The Kier molecular flexibility index (Phi) is 25.9. The number of rotatable bonds is 19. The number of unbranched alkanes of at least 4 members (excludes halogenated alkanes) is 1. The maximum atomic E-state index is 12.6. The normalized spacial score (nSPS) is 37.5. The number of benzene rings is 3. The van der Waals surface area contributed by atoms with Crippen LogP contribution in [0.15, 0.2) is 76.7 Å². The molecule has 7 aliphatic heterocycles. The van der Waals surface area contributed by atoms with Gasteiger partial charge in [0.1, 0.15) is 49.4 Å². The smallest absolute Gasteiger partial charge is 0.336 e. The second-order valence-corrected chi connectivity index (χ2v) is 32.4. The topological polar surface area (TPSA) is 338 Å². The molecule has 26 heteroatoms. The van der Waals surface area contributed by atoms with Crippen LogP contribution in [0.5, 0.6) is 0 Å². The van der Waals surface area contributed by atoms with Crippen LogP contribution in [0.1, 0.15) is 169 Å². The van der Waals surface area contributed by atoms with Gasteiger partial charge in [-0.25, -0.2) is 19.0 Å². The molecule has 2 aromatic rings. The SMILES string of the molecule is CCN(CC)c1ccc2c(-c3ccccc3C(=O)O)c3ccc(=[N+](CC)CC)cc-3oc2c1.C[C@H]1O[C@@H](O[C@H]2C(O)C[C@H](OC3CC[C@@]4(C)[C@H](CC[C@@H]5[C@@H]4C[C@@H](O)[C@]4(C)[C@@H](C6=CC(=O)OC6)CC[C@]54O)C3)O[C@@H]2C)C[C@H](O)C1O[C@H]1C[C@H](O)[C@H](O)[C@@H](C)O1.O=C(O)CCCC[C@@H]1SC[C@@H]2NC(=O)N[C@@H]21.[Cl-]. The summed E-state index contributed by atoms with van der Waals surface area (Å²) in [5, 5.41) is 93.5. The molecule has 3 unspecified atom stereocenters. The summed E-state index contributed by atoms with van der Waals surface area (Å²) in [5.74, 6) is 0.252. The Labute approximate surface area is 625 Å². The van der Waals surface area contributed by atoms with Gasteiger partial charge in [0.05, 0.1) is 78.1 Å². The van der Waals surface area contributed by atoms with Gasteiger partial charge in [0.25, 0.3) is 0 Å². The predicted octanol–water partition coefficient (Wildman–Crippen LogP) is 5.58. The summed E-state index contributed by atoms with van der Waals surface area (Å²) in [6, 6.07) is 20.1. The van der Waals surface area contributed by atoms with Crippen LogP contribution in [0.3, 0.4) is 0 Å². The lowest BCUT2D eigenvalue weighted by molar-refractivity contribution is -0.336. The van der Waals surface area contributed by atoms with E-state index in [9.17, 15) is 54.9 Å². The summed E-state index contributed by atoms with van der Waals surface area (Å²) in [7, 11) is 0. The number of urea groups is 1. The number of aliphatic hydroxyl groups is 6. The molecule has 12 aliphatic rings. The van der Waals surface area contributed by atoms with E-state index in [2.05, 4.69) is 91.1 Å².